The average Bonchev–Trinajstić information content (AvgIpc) is 2.06. The Balaban J connectivity index is 2.44. The number of aryl methyl sites for hydroxylation is 1. The number of aromatic nitrogens is 2. The number of nitrogens with zero attached hydrogens (tertiary/aromatic N) is 2. The number of aliphatic hydroxyl groups excluding tert-OH is 1. The Bertz CT molecular complexity index is 262. The molecule has 3 heteroatoms. The van der Waals surface area contributed by atoms with E-state index in [1.165, 1.54) is 0 Å². The van der Waals surface area contributed by atoms with E-state index >= 15 is 0 Å². The summed E-state index contributed by atoms with van der Waals surface area (Å²) in [6, 6.07) is 0. The standard InChI is InChI=1S/C8H10N2O/c11-8-3-1-2-6-4-9-10-5-7(6)8/h4-5,8,11H,1-3H2. The molecule has 0 spiro atoms. The van der Waals surface area contributed by atoms with Crippen molar-refractivity contribution in [3.63, 3.8) is 0 Å². The van der Waals surface area contributed by atoms with Crippen molar-refractivity contribution in [3.05, 3.63) is 23.5 Å². The van der Waals surface area contributed by atoms with Crippen molar-refractivity contribution in [1.82, 2.24) is 10.2 Å². The minimum atomic E-state index is -0.311. The van der Waals surface area contributed by atoms with Gasteiger partial charge in [0.15, 0.2) is 0 Å². The van der Waals surface area contributed by atoms with Gasteiger partial charge in [-0.3, -0.25) is 0 Å². The van der Waals surface area contributed by atoms with Gasteiger partial charge in [0.25, 0.3) is 0 Å². The van der Waals surface area contributed by atoms with Gasteiger partial charge in [0.1, 0.15) is 0 Å². The summed E-state index contributed by atoms with van der Waals surface area (Å²) in [7, 11) is 0. The van der Waals surface area contributed by atoms with E-state index in [0.717, 1.165) is 30.4 Å². The van der Waals surface area contributed by atoms with Crippen molar-refractivity contribution >= 4 is 0 Å². The fourth-order valence-electron chi connectivity index (χ4n) is 1.51. The highest BCUT2D eigenvalue weighted by Crippen LogP contribution is 2.27. The minimum Gasteiger partial charge on any atom is -0.388 e. The molecule has 0 bridgehead atoms. The Hall–Kier alpha value is -0.960. The smallest absolute Gasteiger partial charge is 0.0809 e. The van der Waals surface area contributed by atoms with E-state index in [0.29, 0.717) is 0 Å². The first kappa shape index (κ1) is 6.73. The summed E-state index contributed by atoms with van der Waals surface area (Å²) < 4.78 is 0. The molecule has 1 atom stereocenters. The Morgan fingerprint density at radius 1 is 1.36 bits per heavy atom. The van der Waals surface area contributed by atoms with Gasteiger partial charge in [-0.05, 0) is 24.8 Å². The lowest BCUT2D eigenvalue weighted by atomic mass is 9.92. The molecule has 1 aliphatic carbocycles. The second kappa shape index (κ2) is 2.58. The van der Waals surface area contributed by atoms with Gasteiger partial charge in [-0.2, -0.15) is 10.2 Å². The highest BCUT2D eigenvalue weighted by molar-refractivity contribution is 5.25. The number of hydrogen-bond acceptors (Lipinski definition) is 3. The second-order valence-electron chi connectivity index (χ2n) is 2.88. The van der Waals surface area contributed by atoms with Crippen LogP contribution in [0.15, 0.2) is 12.4 Å². The SMILES string of the molecule is OC1CCCc2cnncc21. The van der Waals surface area contributed by atoms with E-state index in [-0.39, 0.29) is 6.10 Å². The molecule has 1 N–H and O–H groups in total. The van der Waals surface area contributed by atoms with Gasteiger partial charge >= 0.3 is 0 Å². The molecule has 1 aromatic rings. The Morgan fingerprint density at radius 2 is 2.18 bits per heavy atom. The third-order valence-electron chi connectivity index (χ3n) is 2.13. The van der Waals surface area contributed by atoms with Gasteiger partial charge in [0.2, 0.25) is 0 Å². The summed E-state index contributed by atoms with van der Waals surface area (Å²) in [5, 5.41) is 17.0. The van der Waals surface area contributed by atoms with Crippen molar-refractivity contribution in [2.24, 2.45) is 0 Å². The number of aliphatic hydroxyl groups is 1. The highest BCUT2D eigenvalue weighted by Gasteiger charge is 2.17. The number of rotatable bonds is 0. The zero-order valence-corrected chi connectivity index (χ0v) is 6.20. The van der Waals surface area contributed by atoms with E-state index in [2.05, 4.69) is 10.2 Å². The maximum absolute atomic E-state index is 9.49. The lowest BCUT2D eigenvalue weighted by Gasteiger charge is -2.19. The van der Waals surface area contributed by atoms with Gasteiger partial charge in [0.05, 0.1) is 18.5 Å². The molecule has 1 aromatic heterocycles. The van der Waals surface area contributed by atoms with Crippen molar-refractivity contribution in [2.45, 2.75) is 25.4 Å². The molecule has 2 rings (SSSR count). The predicted octanol–water partition coefficient (Wildman–Crippen LogP) is 0.846. The molecular weight excluding hydrogens is 140 g/mol. The van der Waals surface area contributed by atoms with Crippen LogP contribution in [0.1, 0.15) is 30.1 Å². The zero-order valence-electron chi connectivity index (χ0n) is 6.20. The fourth-order valence-corrected chi connectivity index (χ4v) is 1.51. The molecule has 0 radical (unpaired) electrons. The molecule has 1 heterocycles. The zero-order chi connectivity index (χ0) is 7.68. The van der Waals surface area contributed by atoms with Crippen LogP contribution in [0.4, 0.5) is 0 Å². The average molecular weight is 150 g/mol. The summed E-state index contributed by atoms with van der Waals surface area (Å²) in [6.45, 7) is 0. The van der Waals surface area contributed by atoms with Gasteiger partial charge in [-0.15, -0.1) is 0 Å². The first-order chi connectivity index (χ1) is 5.38. The highest BCUT2D eigenvalue weighted by atomic mass is 16.3. The molecule has 3 nitrogen and oxygen atoms in total. The molecule has 1 aliphatic rings. The van der Waals surface area contributed by atoms with Crippen molar-refractivity contribution in [1.29, 1.82) is 0 Å². The Kier molecular flexibility index (Phi) is 1.58. The molecular formula is C8H10N2O. The summed E-state index contributed by atoms with van der Waals surface area (Å²) >= 11 is 0. The van der Waals surface area contributed by atoms with Crippen LogP contribution in [0.25, 0.3) is 0 Å². The van der Waals surface area contributed by atoms with Crippen LogP contribution in [0, 0.1) is 0 Å². The van der Waals surface area contributed by atoms with E-state index in [1.807, 2.05) is 0 Å². The van der Waals surface area contributed by atoms with Crippen LogP contribution in [-0.4, -0.2) is 15.3 Å². The maximum Gasteiger partial charge on any atom is 0.0809 e. The molecule has 11 heavy (non-hydrogen) atoms. The quantitative estimate of drug-likeness (QED) is 0.596. The van der Waals surface area contributed by atoms with Gasteiger partial charge < -0.3 is 5.11 Å². The lowest BCUT2D eigenvalue weighted by molar-refractivity contribution is 0.156. The Labute approximate surface area is 65.1 Å². The van der Waals surface area contributed by atoms with Crippen LogP contribution in [0.2, 0.25) is 0 Å². The fraction of sp³-hybridized carbons (Fsp3) is 0.500. The van der Waals surface area contributed by atoms with Crippen LogP contribution in [0.5, 0.6) is 0 Å². The largest absolute Gasteiger partial charge is 0.388 e. The van der Waals surface area contributed by atoms with Crippen molar-refractivity contribution in [2.75, 3.05) is 0 Å². The molecule has 58 valence electrons. The Morgan fingerprint density at radius 3 is 3.00 bits per heavy atom. The number of hydrogen-bond donors (Lipinski definition) is 1. The van der Waals surface area contributed by atoms with Crippen molar-refractivity contribution < 1.29 is 5.11 Å². The molecule has 0 aromatic carbocycles. The summed E-state index contributed by atoms with van der Waals surface area (Å²) in [5.74, 6) is 0. The van der Waals surface area contributed by atoms with Crippen molar-refractivity contribution in [3.8, 4) is 0 Å². The van der Waals surface area contributed by atoms with Crippen LogP contribution in [0.3, 0.4) is 0 Å². The van der Waals surface area contributed by atoms with E-state index in [9.17, 15) is 5.11 Å². The predicted molar refractivity (Wildman–Crippen MR) is 39.9 cm³/mol. The summed E-state index contributed by atoms with van der Waals surface area (Å²) in [5.41, 5.74) is 2.12. The number of fused-ring (bicyclic) bond motifs is 1. The third kappa shape index (κ3) is 1.12. The third-order valence-corrected chi connectivity index (χ3v) is 2.13. The van der Waals surface area contributed by atoms with Crippen LogP contribution in [-0.2, 0) is 6.42 Å². The maximum atomic E-state index is 9.49. The van der Waals surface area contributed by atoms with E-state index in [1.54, 1.807) is 12.4 Å². The topological polar surface area (TPSA) is 46.0 Å². The molecule has 0 amide bonds. The first-order valence-electron chi connectivity index (χ1n) is 3.85. The van der Waals surface area contributed by atoms with Crippen LogP contribution >= 0.6 is 0 Å². The molecule has 0 fully saturated rings. The summed E-state index contributed by atoms with van der Waals surface area (Å²) in [6.07, 6.45) is 6.05. The van der Waals surface area contributed by atoms with Gasteiger partial charge in [-0.25, -0.2) is 0 Å². The van der Waals surface area contributed by atoms with E-state index < -0.39 is 0 Å². The monoisotopic (exact) mass is 150 g/mol. The summed E-state index contributed by atoms with van der Waals surface area (Å²) in [4.78, 5) is 0. The normalized spacial score (nSPS) is 22.8. The minimum absolute atomic E-state index is 0.311. The molecule has 1 unspecified atom stereocenters. The molecule has 0 aliphatic heterocycles. The molecule has 0 saturated carbocycles. The van der Waals surface area contributed by atoms with E-state index in [4.69, 9.17) is 0 Å². The van der Waals surface area contributed by atoms with Gasteiger partial charge in [0, 0.05) is 5.56 Å². The second-order valence-corrected chi connectivity index (χ2v) is 2.88. The molecule has 0 saturated heterocycles. The lowest BCUT2D eigenvalue weighted by Crippen LogP contribution is -2.09. The first-order valence-corrected chi connectivity index (χ1v) is 3.85. The van der Waals surface area contributed by atoms with Crippen LogP contribution < -0.4 is 0 Å². The van der Waals surface area contributed by atoms with Gasteiger partial charge in [-0.1, -0.05) is 0 Å².